The molecule has 0 aromatic heterocycles. The van der Waals surface area contributed by atoms with Crippen molar-refractivity contribution in [3.05, 3.63) is 0 Å². The van der Waals surface area contributed by atoms with Crippen LogP contribution in [0.4, 0.5) is 13.6 Å². The molecule has 2 amide bonds. The number of nitrogens with zero attached hydrogens (tertiary/aromatic N) is 2. The van der Waals surface area contributed by atoms with Crippen LogP contribution in [0, 0.1) is 5.41 Å². The summed E-state index contributed by atoms with van der Waals surface area (Å²) in [5.41, 5.74) is -1.66. The Morgan fingerprint density at radius 2 is 1.88 bits per heavy atom. The molecule has 1 saturated carbocycles. The van der Waals surface area contributed by atoms with Crippen LogP contribution >= 0.6 is 0 Å². The second kappa shape index (κ2) is 9.85. The van der Waals surface area contributed by atoms with Crippen molar-refractivity contribution in [1.29, 1.82) is 0 Å². The fourth-order valence-corrected chi connectivity index (χ4v) is 6.23. The highest BCUT2D eigenvalue weighted by Crippen LogP contribution is 2.47. The van der Waals surface area contributed by atoms with Crippen LogP contribution in [0.1, 0.15) is 59.3 Å². The highest BCUT2D eigenvalue weighted by Gasteiger charge is 2.55. The predicted molar refractivity (Wildman–Crippen MR) is 121 cm³/mol. The molecule has 6 atom stereocenters. The minimum atomic E-state index is -2.55. The van der Waals surface area contributed by atoms with Crippen molar-refractivity contribution in [3.63, 3.8) is 0 Å². The van der Waals surface area contributed by atoms with E-state index >= 15 is 0 Å². The van der Waals surface area contributed by atoms with E-state index in [0.29, 0.717) is 52.0 Å². The van der Waals surface area contributed by atoms with Crippen LogP contribution in [0.15, 0.2) is 0 Å². The van der Waals surface area contributed by atoms with Crippen molar-refractivity contribution in [2.45, 2.75) is 102 Å². The van der Waals surface area contributed by atoms with E-state index in [1.165, 1.54) is 0 Å². The van der Waals surface area contributed by atoms with Crippen LogP contribution in [0.3, 0.4) is 0 Å². The number of rotatable bonds is 6. The first-order chi connectivity index (χ1) is 16.0. The standard InChI is InChI=1S/C24H39F2N3O5/c1-23(2,3)34-22(31)29-13-16-9-17(29)12-28(16)21(30)24(11-20(25)26)7-5-15(10-24)27-18-6-8-33-14-19(18)32-4/h15-20,27H,5-14H2,1-4H3/t15-,16+,17+,18+,19-,24+/m1/s1. The Kier molecular flexibility index (Phi) is 7.41. The smallest absolute Gasteiger partial charge is 0.410 e. The highest BCUT2D eigenvalue weighted by atomic mass is 19.3. The average Bonchev–Trinajstić information content (AvgIpc) is 3.47. The quantitative estimate of drug-likeness (QED) is 0.621. The summed E-state index contributed by atoms with van der Waals surface area (Å²) in [6.45, 7) is 7.39. The van der Waals surface area contributed by atoms with Gasteiger partial charge in [0.1, 0.15) is 5.60 Å². The second-order valence-electron chi connectivity index (χ2n) is 11.4. The number of nitrogens with one attached hydrogen (secondary N) is 1. The van der Waals surface area contributed by atoms with Gasteiger partial charge in [0.25, 0.3) is 0 Å². The van der Waals surface area contributed by atoms with Gasteiger partial charge in [0.2, 0.25) is 12.3 Å². The Morgan fingerprint density at radius 3 is 2.50 bits per heavy atom. The van der Waals surface area contributed by atoms with Gasteiger partial charge in [-0.3, -0.25) is 4.79 Å². The van der Waals surface area contributed by atoms with Gasteiger partial charge in [-0.2, -0.15) is 0 Å². The van der Waals surface area contributed by atoms with E-state index in [9.17, 15) is 18.4 Å². The highest BCUT2D eigenvalue weighted by molar-refractivity contribution is 5.84. The molecule has 0 aromatic carbocycles. The maximum absolute atomic E-state index is 13.7. The summed E-state index contributed by atoms with van der Waals surface area (Å²) in [5.74, 6) is -0.177. The molecule has 0 aromatic rings. The van der Waals surface area contributed by atoms with E-state index in [0.717, 1.165) is 6.42 Å². The van der Waals surface area contributed by atoms with Gasteiger partial charge in [-0.05, 0) is 52.9 Å². The molecule has 10 heteroatoms. The van der Waals surface area contributed by atoms with Crippen molar-refractivity contribution < 1.29 is 32.6 Å². The normalized spacial score (nSPS) is 35.9. The molecule has 1 N–H and O–H groups in total. The molecule has 4 rings (SSSR count). The largest absolute Gasteiger partial charge is 0.444 e. The Balaban J connectivity index is 1.41. The SMILES string of the molecule is CO[C@@H]1COCC[C@@H]1N[C@@H]1CC[C@](CC(F)F)(C(=O)N2C[C@@H]3C[C@H]2CN3C(=O)OC(C)(C)C)C1. The number of ether oxygens (including phenoxy) is 3. The van der Waals surface area contributed by atoms with E-state index < -0.39 is 23.9 Å². The Labute approximate surface area is 200 Å². The van der Waals surface area contributed by atoms with Crippen LogP contribution in [0.2, 0.25) is 0 Å². The van der Waals surface area contributed by atoms with E-state index in [1.807, 2.05) is 20.8 Å². The lowest BCUT2D eigenvalue weighted by Gasteiger charge is -2.40. The van der Waals surface area contributed by atoms with E-state index in [1.54, 1.807) is 16.9 Å². The molecule has 8 nitrogen and oxygen atoms in total. The van der Waals surface area contributed by atoms with Crippen LogP contribution in [0.5, 0.6) is 0 Å². The summed E-state index contributed by atoms with van der Waals surface area (Å²) >= 11 is 0. The molecule has 3 heterocycles. The predicted octanol–water partition coefficient (Wildman–Crippen LogP) is 2.79. The third-order valence-electron chi connectivity index (χ3n) is 7.79. The Hall–Kier alpha value is -1.52. The third kappa shape index (κ3) is 5.33. The van der Waals surface area contributed by atoms with Crippen LogP contribution in [-0.4, -0.2) is 97.5 Å². The summed E-state index contributed by atoms with van der Waals surface area (Å²) in [5, 5.41) is 3.58. The molecule has 3 aliphatic heterocycles. The van der Waals surface area contributed by atoms with Crippen molar-refractivity contribution in [1.82, 2.24) is 15.1 Å². The second-order valence-corrected chi connectivity index (χ2v) is 11.4. The van der Waals surface area contributed by atoms with Crippen LogP contribution in [0.25, 0.3) is 0 Å². The monoisotopic (exact) mass is 487 g/mol. The molecular formula is C24H39F2N3O5. The fourth-order valence-electron chi connectivity index (χ4n) is 6.23. The van der Waals surface area contributed by atoms with Crippen LogP contribution < -0.4 is 5.32 Å². The number of methoxy groups -OCH3 is 1. The zero-order valence-corrected chi connectivity index (χ0v) is 20.7. The number of alkyl halides is 2. The van der Waals surface area contributed by atoms with Gasteiger partial charge in [0.05, 0.1) is 30.2 Å². The van der Waals surface area contributed by atoms with Gasteiger partial charge in [0, 0.05) is 45.3 Å². The number of amides is 2. The maximum Gasteiger partial charge on any atom is 0.410 e. The molecular weight excluding hydrogens is 448 g/mol. The van der Waals surface area contributed by atoms with Gasteiger partial charge >= 0.3 is 6.09 Å². The molecule has 0 unspecified atom stereocenters. The molecule has 3 saturated heterocycles. The first-order valence-electron chi connectivity index (χ1n) is 12.5. The van der Waals surface area contributed by atoms with Gasteiger partial charge in [-0.25, -0.2) is 13.6 Å². The lowest BCUT2D eigenvalue weighted by atomic mass is 9.80. The molecule has 0 radical (unpaired) electrons. The lowest BCUT2D eigenvalue weighted by molar-refractivity contribution is -0.147. The minimum Gasteiger partial charge on any atom is -0.444 e. The number of halogens is 2. The molecule has 1 aliphatic carbocycles. The fraction of sp³-hybridized carbons (Fsp3) is 0.917. The van der Waals surface area contributed by atoms with Gasteiger partial charge in [-0.1, -0.05) is 0 Å². The summed E-state index contributed by atoms with van der Waals surface area (Å²) in [6.07, 6.45) is -0.433. The van der Waals surface area contributed by atoms with Gasteiger partial charge in [0.15, 0.2) is 0 Å². The molecule has 4 fully saturated rings. The average molecular weight is 488 g/mol. The van der Waals surface area contributed by atoms with Crippen molar-refractivity contribution >= 4 is 12.0 Å². The summed E-state index contributed by atoms with van der Waals surface area (Å²) in [7, 11) is 1.65. The molecule has 2 bridgehead atoms. The molecule has 0 spiro atoms. The van der Waals surface area contributed by atoms with E-state index in [2.05, 4.69) is 5.32 Å². The Bertz CT molecular complexity index is 763. The van der Waals surface area contributed by atoms with Crippen molar-refractivity contribution in [3.8, 4) is 0 Å². The number of likely N-dealkylation sites (tertiary alicyclic amines) is 2. The van der Waals surface area contributed by atoms with Gasteiger partial charge < -0.3 is 29.3 Å². The Morgan fingerprint density at radius 1 is 1.18 bits per heavy atom. The minimum absolute atomic E-state index is 0.0125. The lowest BCUT2D eigenvalue weighted by Crippen LogP contribution is -2.55. The topological polar surface area (TPSA) is 80.3 Å². The first-order valence-corrected chi connectivity index (χ1v) is 12.5. The number of carbonyl (C=O) groups excluding carboxylic acids is 2. The third-order valence-corrected chi connectivity index (χ3v) is 7.79. The number of hydrogen-bond acceptors (Lipinski definition) is 6. The zero-order valence-electron chi connectivity index (χ0n) is 20.7. The van der Waals surface area contributed by atoms with Gasteiger partial charge in [-0.15, -0.1) is 0 Å². The molecule has 34 heavy (non-hydrogen) atoms. The number of piperazine rings is 1. The van der Waals surface area contributed by atoms with Crippen LogP contribution in [-0.2, 0) is 19.0 Å². The number of fused-ring (bicyclic) bond motifs is 2. The number of carbonyl (C=O) groups is 2. The van der Waals surface area contributed by atoms with E-state index in [-0.39, 0.29) is 42.3 Å². The zero-order chi connectivity index (χ0) is 24.7. The van der Waals surface area contributed by atoms with Crippen molar-refractivity contribution in [2.75, 3.05) is 33.4 Å². The summed E-state index contributed by atoms with van der Waals surface area (Å²) in [6, 6.07) is -0.180. The molecule has 194 valence electrons. The van der Waals surface area contributed by atoms with Crippen molar-refractivity contribution in [2.24, 2.45) is 5.41 Å². The number of hydrogen-bond donors (Lipinski definition) is 1. The first kappa shape index (κ1) is 25.6. The summed E-state index contributed by atoms with van der Waals surface area (Å²) in [4.78, 5) is 29.7. The summed E-state index contributed by atoms with van der Waals surface area (Å²) < 4.78 is 43.9. The van der Waals surface area contributed by atoms with E-state index in [4.69, 9.17) is 14.2 Å². The molecule has 4 aliphatic rings. The maximum atomic E-state index is 13.7.